The van der Waals surface area contributed by atoms with Crippen molar-refractivity contribution in [2.24, 2.45) is 0 Å². The Morgan fingerprint density at radius 2 is 1.76 bits per heavy atom. The molecule has 1 aromatic carbocycles. The van der Waals surface area contributed by atoms with Gasteiger partial charge >= 0.3 is 0 Å². The number of rotatable bonds is 3. The standard InChI is InChI=1S/C11H7Cl2N5O2S/c12-6-1-7(13)3-8(2-6)21(19,20)18-11-9-10(15-4-14-9)16-5-17-11/h1-5H,(H2,14,15,16,17,18). The SMILES string of the molecule is O=S(=O)(Nc1ncnc2nc[nH]c12)c1cc(Cl)cc(Cl)c1. The van der Waals surface area contributed by atoms with Crippen LogP contribution in [0.15, 0.2) is 35.7 Å². The minimum atomic E-state index is -3.88. The van der Waals surface area contributed by atoms with Gasteiger partial charge in [0.05, 0.1) is 11.2 Å². The third kappa shape index (κ3) is 2.78. The molecule has 0 aliphatic carbocycles. The Bertz CT molecular complexity index is 905. The van der Waals surface area contributed by atoms with Crippen molar-refractivity contribution in [1.82, 2.24) is 19.9 Å². The van der Waals surface area contributed by atoms with Crippen molar-refractivity contribution >= 4 is 50.2 Å². The first-order valence-electron chi connectivity index (χ1n) is 5.59. The first-order valence-corrected chi connectivity index (χ1v) is 7.82. The summed E-state index contributed by atoms with van der Waals surface area (Å²) in [7, 11) is -3.88. The van der Waals surface area contributed by atoms with Gasteiger partial charge in [-0.3, -0.25) is 4.72 Å². The van der Waals surface area contributed by atoms with Gasteiger partial charge in [0.1, 0.15) is 11.8 Å². The number of nitrogens with zero attached hydrogens (tertiary/aromatic N) is 3. The number of aromatic amines is 1. The largest absolute Gasteiger partial charge is 0.340 e. The van der Waals surface area contributed by atoms with Crippen LogP contribution in [0.3, 0.4) is 0 Å². The van der Waals surface area contributed by atoms with Gasteiger partial charge in [-0.05, 0) is 18.2 Å². The molecule has 7 nitrogen and oxygen atoms in total. The lowest BCUT2D eigenvalue weighted by atomic mass is 10.4. The molecule has 0 spiro atoms. The molecule has 0 fully saturated rings. The van der Waals surface area contributed by atoms with Crippen molar-refractivity contribution in [3.05, 3.63) is 40.9 Å². The highest BCUT2D eigenvalue weighted by atomic mass is 35.5. The Balaban J connectivity index is 2.05. The number of nitrogens with one attached hydrogen (secondary N) is 2. The molecule has 0 aliphatic rings. The molecule has 0 unspecified atom stereocenters. The Labute approximate surface area is 129 Å². The van der Waals surface area contributed by atoms with Crippen LogP contribution in [0, 0.1) is 0 Å². The van der Waals surface area contributed by atoms with E-state index < -0.39 is 10.0 Å². The summed E-state index contributed by atoms with van der Waals surface area (Å²) in [6, 6.07) is 4.03. The van der Waals surface area contributed by atoms with Crippen LogP contribution >= 0.6 is 23.2 Å². The molecule has 2 N–H and O–H groups in total. The molecule has 0 amide bonds. The summed E-state index contributed by atoms with van der Waals surface area (Å²) in [5.74, 6) is 0.0913. The molecular weight excluding hydrogens is 337 g/mol. The predicted octanol–water partition coefficient (Wildman–Crippen LogP) is 2.46. The normalized spacial score (nSPS) is 11.7. The van der Waals surface area contributed by atoms with Crippen molar-refractivity contribution in [2.75, 3.05) is 4.72 Å². The summed E-state index contributed by atoms with van der Waals surface area (Å²) in [5.41, 5.74) is 0.737. The summed E-state index contributed by atoms with van der Waals surface area (Å²) >= 11 is 11.6. The van der Waals surface area contributed by atoms with Gasteiger partial charge in [-0.1, -0.05) is 23.2 Å². The van der Waals surface area contributed by atoms with Crippen LogP contribution < -0.4 is 4.72 Å². The van der Waals surface area contributed by atoms with E-state index in [1.165, 1.54) is 30.9 Å². The predicted molar refractivity (Wildman–Crippen MR) is 79.0 cm³/mol. The second-order valence-corrected chi connectivity index (χ2v) is 6.59. The highest BCUT2D eigenvalue weighted by Crippen LogP contribution is 2.25. The third-order valence-electron chi connectivity index (χ3n) is 2.60. The molecule has 0 saturated carbocycles. The summed E-state index contributed by atoms with van der Waals surface area (Å²) < 4.78 is 27.0. The highest BCUT2D eigenvalue weighted by molar-refractivity contribution is 7.92. The minimum Gasteiger partial charge on any atom is -0.340 e. The molecule has 0 bridgehead atoms. The lowest BCUT2D eigenvalue weighted by Gasteiger charge is -2.08. The van der Waals surface area contributed by atoms with E-state index in [2.05, 4.69) is 24.7 Å². The zero-order valence-corrected chi connectivity index (χ0v) is 12.5. The van der Waals surface area contributed by atoms with Gasteiger partial charge in [0.25, 0.3) is 10.0 Å². The maximum atomic E-state index is 12.3. The molecule has 2 aromatic heterocycles. The number of H-pyrrole nitrogens is 1. The second-order valence-electron chi connectivity index (χ2n) is 4.03. The van der Waals surface area contributed by atoms with Crippen LogP contribution in [0.25, 0.3) is 11.2 Å². The van der Waals surface area contributed by atoms with Crippen LogP contribution in [0.1, 0.15) is 0 Å². The summed E-state index contributed by atoms with van der Waals surface area (Å²) in [6.45, 7) is 0. The first kappa shape index (κ1) is 14.1. The van der Waals surface area contributed by atoms with E-state index >= 15 is 0 Å². The Morgan fingerprint density at radius 1 is 1.05 bits per heavy atom. The Hall–Kier alpha value is -1.90. The average Bonchev–Trinajstić information content (AvgIpc) is 2.86. The van der Waals surface area contributed by atoms with E-state index in [1.807, 2.05) is 0 Å². The number of hydrogen-bond donors (Lipinski definition) is 2. The smallest absolute Gasteiger partial charge is 0.263 e. The number of imidazole rings is 1. The molecule has 3 rings (SSSR count). The molecule has 0 aliphatic heterocycles. The number of anilines is 1. The first-order chi connectivity index (χ1) is 9.95. The van der Waals surface area contributed by atoms with Gasteiger partial charge in [-0.2, -0.15) is 0 Å². The molecule has 0 atom stereocenters. The van der Waals surface area contributed by atoms with Gasteiger partial charge in [0, 0.05) is 10.0 Å². The van der Waals surface area contributed by atoms with E-state index in [4.69, 9.17) is 23.2 Å². The van der Waals surface area contributed by atoms with Crippen LogP contribution in [0.5, 0.6) is 0 Å². The molecule has 0 saturated heterocycles. The quantitative estimate of drug-likeness (QED) is 0.760. The zero-order valence-electron chi connectivity index (χ0n) is 10.2. The number of benzene rings is 1. The van der Waals surface area contributed by atoms with Gasteiger partial charge in [-0.15, -0.1) is 0 Å². The molecule has 10 heteroatoms. The lowest BCUT2D eigenvalue weighted by molar-refractivity contribution is 0.601. The summed E-state index contributed by atoms with van der Waals surface area (Å²) in [4.78, 5) is 14.4. The Kier molecular flexibility index (Phi) is 3.44. The average molecular weight is 344 g/mol. The van der Waals surface area contributed by atoms with E-state index in [0.29, 0.717) is 11.2 Å². The van der Waals surface area contributed by atoms with Crippen LogP contribution in [-0.4, -0.2) is 28.4 Å². The Morgan fingerprint density at radius 3 is 2.48 bits per heavy atom. The summed E-state index contributed by atoms with van der Waals surface area (Å²) in [5, 5.41) is 0.439. The van der Waals surface area contributed by atoms with E-state index in [-0.39, 0.29) is 20.8 Å². The van der Waals surface area contributed by atoms with Crippen LogP contribution in [0.2, 0.25) is 10.0 Å². The lowest BCUT2D eigenvalue weighted by Crippen LogP contribution is -2.14. The van der Waals surface area contributed by atoms with Crippen LogP contribution in [-0.2, 0) is 10.0 Å². The van der Waals surface area contributed by atoms with Crippen molar-refractivity contribution < 1.29 is 8.42 Å². The van der Waals surface area contributed by atoms with Crippen molar-refractivity contribution in [3.8, 4) is 0 Å². The molecule has 0 radical (unpaired) electrons. The van der Waals surface area contributed by atoms with Crippen molar-refractivity contribution in [2.45, 2.75) is 4.90 Å². The fourth-order valence-corrected chi connectivity index (χ4v) is 3.46. The van der Waals surface area contributed by atoms with Crippen molar-refractivity contribution in [1.29, 1.82) is 0 Å². The van der Waals surface area contributed by atoms with Crippen LogP contribution in [0.4, 0.5) is 5.82 Å². The fourth-order valence-electron chi connectivity index (χ4n) is 1.71. The zero-order chi connectivity index (χ0) is 15.0. The minimum absolute atomic E-state index is 0.0636. The fraction of sp³-hybridized carbons (Fsp3) is 0. The number of halogens is 2. The molecule has 21 heavy (non-hydrogen) atoms. The molecule has 2 heterocycles. The maximum Gasteiger partial charge on any atom is 0.263 e. The number of aromatic nitrogens is 4. The monoisotopic (exact) mass is 343 g/mol. The summed E-state index contributed by atoms with van der Waals surface area (Å²) in [6.07, 6.45) is 2.61. The van der Waals surface area contributed by atoms with E-state index in [9.17, 15) is 8.42 Å². The second kappa shape index (κ2) is 5.14. The van der Waals surface area contributed by atoms with Crippen molar-refractivity contribution in [3.63, 3.8) is 0 Å². The van der Waals surface area contributed by atoms with E-state index in [0.717, 1.165) is 0 Å². The molecular formula is C11H7Cl2N5O2S. The number of fused-ring (bicyclic) bond motifs is 1. The third-order valence-corrected chi connectivity index (χ3v) is 4.36. The van der Waals surface area contributed by atoms with Gasteiger partial charge < -0.3 is 4.98 Å². The topological polar surface area (TPSA) is 101 Å². The maximum absolute atomic E-state index is 12.3. The van der Waals surface area contributed by atoms with Gasteiger partial charge in [-0.25, -0.2) is 23.4 Å². The number of sulfonamides is 1. The molecule has 108 valence electrons. The number of hydrogen-bond acceptors (Lipinski definition) is 5. The van der Waals surface area contributed by atoms with E-state index in [1.54, 1.807) is 0 Å². The van der Waals surface area contributed by atoms with Gasteiger partial charge in [0.2, 0.25) is 0 Å². The van der Waals surface area contributed by atoms with Gasteiger partial charge in [0.15, 0.2) is 11.5 Å². The molecule has 3 aromatic rings. The highest BCUT2D eigenvalue weighted by Gasteiger charge is 2.18.